The number of amides is 1. The van der Waals surface area contributed by atoms with Gasteiger partial charge in [-0.25, -0.2) is 23.5 Å². The number of halogens is 2. The number of anilines is 1. The first-order chi connectivity index (χ1) is 24.3. The molecular weight excluding hydrogens is 688 g/mol. The number of nitrogens with zero attached hydrogens (tertiary/aromatic N) is 6. The molecule has 17 heteroatoms. The molecule has 6 rings (SSSR count). The third-order valence-corrected chi connectivity index (χ3v) is 9.33. The molecular formula is C34H41F2N7O7S. The highest BCUT2D eigenvalue weighted by Crippen LogP contribution is 2.31. The molecule has 2 atom stereocenters. The van der Waals surface area contributed by atoms with E-state index in [0.29, 0.717) is 74.2 Å². The second kappa shape index (κ2) is 16.6. The van der Waals surface area contributed by atoms with Crippen LogP contribution in [0.5, 0.6) is 0 Å². The molecule has 0 unspecified atom stereocenters. The lowest BCUT2D eigenvalue weighted by atomic mass is 9.85. The maximum atomic E-state index is 14.3. The molecule has 1 amide bonds. The van der Waals surface area contributed by atoms with Gasteiger partial charge in [0, 0.05) is 50.5 Å². The van der Waals surface area contributed by atoms with Gasteiger partial charge in [0.05, 0.1) is 22.7 Å². The number of piperidine rings is 2. The number of nitrogens with two attached hydrogens (primary N) is 1. The Morgan fingerprint density at radius 1 is 1.06 bits per heavy atom. The largest absolute Gasteiger partial charge is 0.447 e. The summed E-state index contributed by atoms with van der Waals surface area (Å²) in [6.45, 7) is 7.75. The zero-order valence-electron chi connectivity index (χ0n) is 28.5. The smallest absolute Gasteiger partial charge is 0.410 e. The molecule has 0 spiro atoms. The lowest BCUT2D eigenvalue weighted by Crippen LogP contribution is -2.48. The van der Waals surface area contributed by atoms with Crippen molar-refractivity contribution in [2.24, 2.45) is 5.73 Å². The molecule has 0 aliphatic carbocycles. The molecule has 2 fully saturated rings. The van der Waals surface area contributed by atoms with E-state index in [-0.39, 0.29) is 35.7 Å². The topological polar surface area (TPSA) is 187 Å². The molecule has 2 aliphatic heterocycles. The van der Waals surface area contributed by atoms with Crippen molar-refractivity contribution in [2.45, 2.75) is 75.7 Å². The van der Waals surface area contributed by atoms with Crippen molar-refractivity contribution in [3.05, 3.63) is 83.5 Å². The summed E-state index contributed by atoms with van der Waals surface area (Å²) in [4.78, 5) is 28.8. The zero-order valence-corrected chi connectivity index (χ0v) is 29.3. The number of hydrogen-bond acceptors (Lipinski definition) is 12. The van der Waals surface area contributed by atoms with Crippen LogP contribution < -0.4 is 10.6 Å². The molecule has 4 heterocycles. The van der Waals surface area contributed by atoms with Crippen LogP contribution in [0.25, 0.3) is 11.4 Å². The van der Waals surface area contributed by atoms with Crippen molar-refractivity contribution in [3.8, 4) is 11.4 Å². The first kappa shape index (κ1) is 37.7. The van der Waals surface area contributed by atoms with Crippen LogP contribution in [0.1, 0.15) is 56.0 Å². The Kier molecular flexibility index (Phi) is 12.3. The summed E-state index contributed by atoms with van der Waals surface area (Å²) in [6.07, 6.45) is 4.68. The molecule has 3 N–H and O–H groups in total. The lowest BCUT2D eigenvalue weighted by Gasteiger charge is -2.37. The molecule has 0 bridgehead atoms. The fourth-order valence-electron chi connectivity index (χ4n) is 5.76. The highest BCUT2D eigenvalue weighted by atomic mass is 32.2. The van der Waals surface area contributed by atoms with Gasteiger partial charge in [0.15, 0.2) is 0 Å². The van der Waals surface area contributed by atoms with E-state index in [0.717, 1.165) is 17.7 Å². The van der Waals surface area contributed by atoms with E-state index in [1.54, 1.807) is 29.4 Å². The second-order valence-electron chi connectivity index (χ2n) is 12.7. The fourth-order valence-corrected chi connectivity index (χ4v) is 6.24. The van der Waals surface area contributed by atoms with Crippen LogP contribution in [0, 0.1) is 18.6 Å². The number of benzene rings is 2. The summed E-state index contributed by atoms with van der Waals surface area (Å²) in [6, 6.07) is 9.04. The van der Waals surface area contributed by atoms with Gasteiger partial charge in [-0.1, -0.05) is 22.9 Å². The standard InChI is InChI=1S/C27H33F2N7O4.C7H8O3S/c1-16(2)39-27(37)35-8-5-19(6-9-35)38-15-24-33-25(34-40-24)17-12-31-26(32-13-17)36-10-7-20(23(30)14-36)21-11-18(28)3-4-22(21)29;1-6-2-4-7(5-3-6)11(8,9)10/h3-4,11-13,16,19-20,23H,5-10,14-15,30H2,1-2H3;2-5H,1H3,(H,8,9,10)/t20-,23-;/m0./s1. The number of hydrogen-bond donors (Lipinski definition) is 2. The highest BCUT2D eigenvalue weighted by Gasteiger charge is 2.31. The summed E-state index contributed by atoms with van der Waals surface area (Å²) in [5.41, 5.74) is 8.19. The van der Waals surface area contributed by atoms with Crippen LogP contribution in [0.4, 0.5) is 19.5 Å². The number of carbonyl (C=O) groups is 1. The average Bonchev–Trinajstić information content (AvgIpc) is 3.58. The van der Waals surface area contributed by atoms with Crippen molar-refractivity contribution < 1.29 is 40.5 Å². The highest BCUT2D eigenvalue weighted by molar-refractivity contribution is 7.85. The molecule has 2 aliphatic rings. The minimum atomic E-state index is -4.02. The maximum absolute atomic E-state index is 14.3. The van der Waals surface area contributed by atoms with E-state index in [2.05, 4.69) is 20.1 Å². The van der Waals surface area contributed by atoms with Crippen LogP contribution in [0.15, 0.2) is 64.3 Å². The quantitative estimate of drug-likeness (QED) is 0.234. The molecule has 4 aromatic rings. The van der Waals surface area contributed by atoms with Crippen molar-refractivity contribution in [2.75, 3.05) is 31.1 Å². The number of likely N-dealkylation sites (tertiary alicyclic amines) is 1. The molecule has 51 heavy (non-hydrogen) atoms. The summed E-state index contributed by atoms with van der Waals surface area (Å²) < 4.78 is 74.0. The van der Waals surface area contributed by atoms with Gasteiger partial charge in [0.2, 0.25) is 11.8 Å². The predicted molar refractivity (Wildman–Crippen MR) is 181 cm³/mol. The monoisotopic (exact) mass is 729 g/mol. The van der Waals surface area contributed by atoms with E-state index in [1.807, 2.05) is 25.7 Å². The molecule has 2 aromatic carbocycles. The molecule has 14 nitrogen and oxygen atoms in total. The maximum Gasteiger partial charge on any atom is 0.410 e. The Labute approximate surface area is 294 Å². The second-order valence-corrected chi connectivity index (χ2v) is 14.1. The van der Waals surface area contributed by atoms with Crippen molar-refractivity contribution in [1.29, 1.82) is 0 Å². The summed E-state index contributed by atoms with van der Waals surface area (Å²) in [5, 5.41) is 4.01. The normalized spacial score (nSPS) is 18.4. The van der Waals surface area contributed by atoms with E-state index < -0.39 is 27.8 Å². The van der Waals surface area contributed by atoms with Crippen LogP contribution >= 0.6 is 0 Å². The average molecular weight is 730 g/mol. The zero-order chi connectivity index (χ0) is 36.7. The number of aromatic nitrogens is 4. The van der Waals surface area contributed by atoms with Crippen LogP contribution in [0.3, 0.4) is 0 Å². The SMILES string of the molecule is CC(C)OC(=O)N1CCC(OCc2nc(-c3cnc(N4CC[C@@H](c5cc(F)ccc5F)[C@@H](N)C4)nc3)no2)CC1.Cc1ccc(S(=O)(=O)O)cc1. The summed E-state index contributed by atoms with van der Waals surface area (Å²) in [5.74, 6) is -0.0676. The minimum absolute atomic E-state index is 0.0195. The Bertz CT molecular complexity index is 1870. The molecule has 2 aromatic heterocycles. The first-order valence-corrected chi connectivity index (χ1v) is 17.9. The Morgan fingerprint density at radius 2 is 1.75 bits per heavy atom. The van der Waals surface area contributed by atoms with Gasteiger partial charge in [-0.15, -0.1) is 0 Å². The molecule has 274 valence electrons. The van der Waals surface area contributed by atoms with E-state index in [4.69, 9.17) is 24.3 Å². The fraction of sp³-hybridized carbons (Fsp3) is 0.441. The van der Waals surface area contributed by atoms with E-state index in [1.165, 1.54) is 18.2 Å². The number of carbonyl (C=O) groups excluding carboxylic acids is 1. The van der Waals surface area contributed by atoms with Crippen LogP contribution in [0.2, 0.25) is 0 Å². The van der Waals surface area contributed by atoms with Gasteiger partial charge in [0.25, 0.3) is 16.0 Å². The first-order valence-electron chi connectivity index (χ1n) is 16.5. The van der Waals surface area contributed by atoms with Gasteiger partial charge in [0.1, 0.15) is 18.2 Å². The van der Waals surface area contributed by atoms with E-state index >= 15 is 0 Å². The Morgan fingerprint density at radius 3 is 2.37 bits per heavy atom. The third-order valence-electron chi connectivity index (χ3n) is 8.46. The minimum Gasteiger partial charge on any atom is -0.447 e. The lowest BCUT2D eigenvalue weighted by molar-refractivity contribution is -0.0147. The van der Waals surface area contributed by atoms with Crippen molar-refractivity contribution >= 4 is 22.2 Å². The molecule has 0 saturated carbocycles. The van der Waals surface area contributed by atoms with Gasteiger partial charge < -0.3 is 29.5 Å². The molecule has 0 radical (unpaired) electrons. The Balaban J connectivity index is 0.000000392. The number of ether oxygens (including phenoxy) is 2. The van der Waals surface area contributed by atoms with Crippen molar-refractivity contribution in [1.82, 2.24) is 25.0 Å². The van der Waals surface area contributed by atoms with Crippen LogP contribution in [-0.4, -0.2) is 88.5 Å². The van der Waals surface area contributed by atoms with Gasteiger partial charge >= 0.3 is 6.09 Å². The van der Waals surface area contributed by atoms with Gasteiger partial charge in [-0.2, -0.15) is 13.4 Å². The third kappa shape index (κ3) is 10.2. The Hall–Kier alpha value is -4.58. The molecule has 2 saturated heterocycles. The summed E-state index contributed by atoms with van der Waals surface area (Å²) in [7, 11) is -4.02. The predicted octanol–water partition coefficient (Wildman–Crippen LogP) is 4.89. The number of aryl methyl sites for hydroxylation is 1. The van der Waals surface area contributed by atoms with Gasteiger partial charge in [-0.05, 0) is 75.9 Å². The number of rotatable bonds is 8. The van der Waals surface area contributed by atoms with E-state index in [9.17, 15) is 22.0 Å². The van der Waals surface area contributed by atoms with Crippen LogP contribution in [-0.2, 0) is 26.2 Å². The summed E-state index contributed by atoms with van der Waals surface area (Å²) >= 11 is 0. The van der Waals surface area contributed by atoms with Gasteiger partial charge in [-0.3, -0.25) is 4.55 Å². The van der Waals surface area contributed by atoms with Crippen molar-refractivity contribution in [3.63, 3.8) is 0 Å².